The molecule has 0 aliphatic carbocycles. The van der Waals surface area contributed by atoms with Crippen LogP contribution in [0.3, 0.4) is 0 Å². The van der Waals surface area contributed by atoms with E-state index in [2.05, 4.69) is 25.4 Å². The molecule has 0 aromatic carbocycles. The van der Waals surface area contributed by atoms with E-state index in [0.717, 1.165) is 61.3 Å². The van der Waals surface area contributed by atoms with Gasteiger partial charge in [-0.2, -0.15) is 5.10 Å². The predicted octanol–water partition coefficient (Wildman–Crippen LogP) is 1.40. The molecule has 1 aliphatic rings. The van der Waals surface area contributed by atoms with E-state index in [1.54, 1.807) is 4.68 Å². The molecule has 3 heterocycles. The van der Waals surface area contributed by atoms with E-state index in [1.807, 2.05) is 34.7 Å². The second-order valence-electron chi connectivity index (χ2n) is 7.07. The first-order valence-electron chi connectivity index (χ1n) is 9.01. The molecule has 0 saturated carbocycles. The normalized spacial score (nSPS) is 16.2. The van der Waals surface area contributed by atoms with E-state index < -0.39 is 0 Å². The number of carbonyl (C=O) groups is 1. The zero-order chi connectivity index (χ0) is 18.8. The van der Waals surface area contributed by atoms with Gasteiger partial charge in [0, 0.05) is 45.3 Å². The fraction of sp³-hybridized carbons (Fsp3) is 0.611. The van der Waals surface area contributed by atoms with Crippen molar-refractivity contribution < 1.29 is 9.32 Å². The summed E-state index contributed by atoms with van der Waals surface area (Å²) in [5.41, 5.74) is 4.79. The van der Waals surface area contributed by atoms with Crippen molar-refractivity contribution in [2.75, 3.05) is 38.0 Å². The molecule has 0 radical (unpaired) electrons. The molecule has 142 valence electrons. The number of nitrogens with zero attached hydrogens (tertiary/aromatic N) is 5. The SMILES string of the molecule is Cc1noc(C)c1CN1CCN(CC(=O)Nc2c(C)nn(C)c2C)CC1. The number of aryl methyl sites for hydroxylation is 4. The topological polar surface area (TPSA) is 79.4 Å². The average Bonchev–Trinajstić information content (AvgIpc) is 3.03. The number of anilines is 1. The lowest BCUT2D eigenvalue weighted by Crippen LogP contribution is -2.48. The number of hydrogen-bond acceptors (Lipinski definition) is 6. The van der Waals surface area contributed by atoms with Gasteiger partial charge in [0.1, 0.15) is 5.76 Å². The fourth-order valence-electron chi connectivity index (χ4n) is 3.39. The molecule has 1 fully saturated rings. The van der Waals surface area contributed by atoms with Gasteiger partial charge in [-0.3, -0.25) is 19.3 Å². The molecule has 3 rings (SSSR count). The maximum atomic E-state index is 12.4. The van der Waals surface area contributed by atoms with Crippen LogP contribution < -0.4 is 5.32 Å². The zero-order valence-electron chi connectivity index (χ0n) is 16.3. The minimum Gasteiger partial charge on any atom is -0.361 e. The van der Waals surface area contributed by atoms with Gasteiger partial charge in [0.15, 0.2) is 0 Å². The lowest BCUT2D eigenvalue weighted by molar-refractivity contribution is -0.117. The molecule has 0 bridgehead atoms. The molecule has 1 N–H and O–H groups in total. The Morgan fingerprint density at radius 2 is 1.73 bits per heavy atom. The Balaban J connectivity index is 1.48. The summed E-state index contributed by atoms with van der Waals surface area (Å²) >= 11 is 0. The van der Waals surface area contributed by atoms with Crippen LogP contribution in [0.4, 0.5) is 5.69 Å². The number of hydrogen-bond donors (Lipinski definition) is 1. The van der Waals surface area contributed by atoms with Gasteiger partial charge in [-0.25, -0.2) is 0 Å². The molecule has 8 heteroatoms. The Labute approximate surface area is 154 Å². The van der Waals surface area contributed by atoms with Crippen molar-refractivity contribution in [3.05, 3.63) is 28.4 Å². The first-order chi connectivity index (χ1) is 12.3. The first-order valence-corrected chi connectivity index (χ1v) is 9.01. The minimum absolute atomic E-state index is 0.0170. The second-order valence-corrected chi connectivity index (χ2v) is 7.07. The fourth-order valence-corrected chi connectivity index (χ4v) is 3.39. The van der Waals surface area contributed by atoms with Crippen LogP contribution in [-0.2, 0) is 18.4 Å². The van der Waals surface area contributed by atoms with E-state index in [-0.39, 0.29) is 5.91 Å². The van der Waals surface area contributed by atoms with E-state index >= 15 is 0 Å². The lowest BCUT2D eigenvalue weighted by Gasteiger charge is -2.34. The van der Waals surface area contributed by atoms with E-state index in [9.17, 15) is 4.79 Å². The van der Waals surface area contributed by atoms with Crippen LogP contribution in [0.25, 0.3) is 0 Å². The van der Waals surface area contributed by atoms with Crippen LogP contribution in [0.15, 0.2) is 4.52 Å². The van der Waals surface area contributed by atoms with Crippen molar-refractivity contribution >= 4 is 11.6 Å². The average molecular weight is 360 g/mol. The highest BCUT2D eigenvalue weighted by Crippen LogP contribution is 2.19. The van der Waals surface area contributed by atoms with Crippen LogP contribution in [0, 0.1) is 27.7 Å². The monoisotopic (exact) mass is 360 g/mol. The Morgan fingerprint density at radius 3 is 2.27 bits per heavy atom. The largest absolute Gasteiger partial charge is 0.361 e. The van der Waals surface area contributed by atoms with Gasteiger partial charge in [-0.15, -0.1) is 0 Å². The second kappa shape index (κ2) is 7.59. The molecule has 1 saturated heterocycles. The number of carbonyl (C=O) groups excluding carboxylic acids is 1. The molecule has 0 atom stereocenters. The highest BCUT2D eigenvalue weighted by Gasteiger charge is 2.22. The van der Waals surface area contributed by atoms with Crippen LogP contribution in [-0.4, -0.2) is 63.4 Å². The minimum atomic E-state index is 0.0170. The third-order valence-electron chi connectivity index (χ3n) is 5.17. The van der Waals surface area contributed by atoms with Crippen LogP contribution in [0.5, 0.6) is 0 Å². The molecule has 2 aromatic rings. The van der Waals surface area contributed by atoms with Gasteiger partial charge >= 0.3 is 0 Å². The van der Waals surface area contributed by atoms with Crippen molar-refractivity contribution in [2.45, 2.75) is 34.2 Å². The molecule has 1 amide bonds. The number of rotatable bonds is 5. The van der Waals surface area contributed by atoms with Crippen molar-refractivity contribution in [3.8, 4) is 0 Å². The maximum Gasteiger partial charge on any atom is 0.238 e. The first kappa shape index (κ1) is 18.6. The smallest absolute Gasteiger partial charge is 0.238 e. The van der Waals surface area contributed by atoms with Crippen molar-refractivity contribution in [1.82, 2.24) is 24.7 Å². The standard InChI is InChI=1S/C18H28N6O2/c1-12-16(15(4)26-21-12)10-23-6-8-24(9-7-23)11-17(25)19-18-13(2)20-22(5)14(18)3/h6-11H2,1-5H3,(H,19,25). The van der Waals surface area contributed by atoms with Gasteiger partial charge in [-0.1, -0.05) is 5.16 Å². The Hall–Kier alpha value is -2.19. The number of piperazine rings is 1. The molecule has 26 heavy (non-hydrogen) atoms. The quantitative estimate of drug-likeness (QED) is 0.868. The summed E-state index contributed by atoms with van der Waals surface area (Å²) in [4.78, 5) is 17.0. The summed E-state index contributed by atoms with van der Waals surface area (Å²) in [5.74, 6) is 0.912. The molecule has 2 aromatic heterocycles. The molecule has 0 spiro atoms. The molecular weight excluding hydrogens is 332 g/mol. The third kappa shape index (κ3) is 3.96. The van der Waals surface area contributed by atoms with Crippen LogP contribution in [0.1, 0.15) is 28.4 Å². The van der Waals surface area contributed by atoms with Crippen molar-refractivity contribution in [3.63, 3.8) is 0 Å². The van der Waals surface area contributed by atoms with Gasteiger partial charge < -0.3 is 9.84 Å². The van der Waals surface area contributed by atoms with Crippen LogP contribution in [0.2, 0.25) is 0 Å². The number of aromatic nitrogens is 3. The molecule has 0 unspecified atom stereocenters. The summed E-state index contributed by atoms with van der Waals surface area (Å²) in [5, 5.41) is 11.4. The Bertz CT molecular complexity index is 766. The van der Waals surface area contributed by atoms with E-state index in [4.69, 9.17) is 4.52 Å². The summed E-state index contributed by atoms with van der Waals surface area (Å²) in [6.45, 7) is 12.7. The highest BCUT2D eigenvalue weighted by molar-refractivity contribution is 5.93. The summed E-state index contributed by atoms with van der Waals surface area (Å²) < 4.78 is 7.03. The van der Waals surface area contributed by atoms with Gasteiger partial charge in [0.05, 0.1) is 29.3 Å². The van der Waals surface area contributed by atoms with Gasteiger partial charge in [-0.05, 0) is 27.7 Å². The summed E-state index contributed by atoms with van der Waals surface area (Å²) in [6, 6.07) is 0. The molecular formula is C18H28N6O2. The van der Waals surface area contributed by atoms with Gasteiger partial charge in [0.25, 0.3) is 0 Å². The van der Waals surface area contributed by atoms with Crippen LogP contribution >= 0.6 is 0 Å². The number of nitrogens with one attached hydrogen (secondary N) is 1. The third-order valence-corrected chi connectivity index (χ3v) is 5.17. The lowest BCUT2D eigenvalue weighted by atomic mass is 10.2. The van der Waals surface area contributed by atoms with Crippen molar-refractivity contribution in [2.24, 2.45) is 7.05 Å². The van der Waals surface area contributed by atoms with E-state index in [0.29, 0.717) is 6.54 Å². The van der Waals surface area contributed by atoms with Crippen molar-refractivity contribution in [1.29, 1.82) is 0 Å². The Morgan fingerprint density at radius 1 is 1.08 bits per heavy atom. The molecule has 8 nitrogen and oxygen atoms in total. The number of amides is 1. The zero-order valence-corrected chi connectivity index (χ0v) is 16.3. The van der Waals surface area contributed by atoms with Gasteiger partial charge in [0.2, 0.25) is 5.91 Å². The molecule has 1 aliphatic heterocycles. The van der Waals surface area contributed by atoms with E-state index in [1.165, 1.54) is 5.56 Å². The summed E-state index contributed by atoms with van der Waals surface area (Å²) in [6.07, 6.45) is 0. The maximum absolute atomic E-state index is 12.4. The highest BCUT2D eigenvalue weighted by atomic mass is 16.5. The predicted molar refractivity (Wildman–Crippen MR) is 99.0 cm³/mol. The Kier molecular flexibility index (Phi) is 5.43. The summed E-state index contributed by atoms with van der Waals surface area (Å²) in [7, 11) is 1.89.